The number of aryl methyl sites for hydroxylation is 1. The molecule has 0 atom stereocenters. The van der Waals surface area contributed by atoms with E-state index in [0.29, 0.717) is 28.4 Å². The Balaban J connectivity index is 1.39. The largest absolute Gasteiger partial charge is 0.345 e. The van der Waals surface area contributed by atoms with Gasteiger partial charge in [-0.3, -0.25) is 9.48 Å². The minimum Gasteiger partial charge on any atom is -0.345 e. The molecular formula is C24H23FN8O2. The average molecular weight is 475 g/mol. The quantitative estimate of drug-likeness (QED) is 0.414. The molecule has 5 aromatic rings. The minimum atomic E-state index is -0.542. The zero-order valence-corrected chi connectivity index (χ0v) is 19.7. The molecule has 4 heterocycles. The van der Waals surface area contributed by atoms with Gasteiger partial charge < -0.3 is 9.84 Å². The van der Waals surface area contributed by atoms with Crippen molar-refractivity contribution in [3.63, 3.8) is 0 Å². The number of benzene rings is 1. The summed E-state index contributed by atoms with van der Waals surface area (Å²) in [6.45, 7) is 5.67. The van der Waals surface area contributed by atoms with Gasteiger partial charge in [0.2, 0.25) is 5.89 Å². The number of fused-ring (bicyclic) bond motifs is 1. The molecule has 0 saturated carbocycles. The van der Waals surface area contributed by atoms with Crippen molar-refractivity contribution in [2.75, 3.05) is 0 Å². The molecule has 0 fully saturated rings. The van der Waals surface area contributed by atoms with E-state index in [4.69, 9.17) is 9.51 Å². The maximum atomic E-state index is 15.0. The van der Waals surface area contributed by atoms with Crippen LogP contribution in [0.5, 0.6) is 0 Å². The molecule has 1 amide bonds. The summed E-state index contributed by atoms with van der Waals surface area (Å²) in [5, 5.41) is 14.9. The van der Waals surface area contributed by atoms with Gasteiger partial charge in [0.15, 0.2) is 0 Å². The maximum Gasteiger partial charge on any atom is 0.292 e. The van der Waals surface area contributed by atoms with Crippen LogP contribution in [0.1, 0.15) is 42.8 Å². The van der Waals surface area contributed by atoms with Gasteiger partial charge >= 0.3 is 0 Å². The number of nitrogens with one attached hydrogen (secondary N) is 1. The zero-order chi connectivity index (χ0) is 24.7. The van der Waals surface area contributed by atoms with Crippen molar-refractivity contribution in [3.05, 3.63) is 72.1 Å². The number of rotatable bonds is 5. The third-order valence-corrected chi connectivity index (χ3v) is 5.43. The van der Waals surface area contributed by atoms with Crippen LogP contribution in [0.4, 0.5) is 4.39 Å². The molecule has 0 aliphatic heterocycles. The van der Waals surface area contributed by atoms with E-state index in [1.807, 2.05) is 40.1 Å². The van der Waals surface area contributed by atoms with Gasteiger partial charge in [0.25, 0.3) is 11.7 Å². The van der Waals surface area contributed by atoms with Crippen molar-refractivity contribution in [1.82, 2.24) is 39.8 Å². The van der Waals surface area contributed by atoms with Gasteiger partial charge in [-0.05, 0) is 12.1 Å². The molecule has 1 aromatic carbocycles. The molecule has 10 nitrogen and oxygen atoms in total. The number of aromatic nitrogens is 7. The molecule has 0 saturated heterocycles. The number of carbonyl (C=O) groups is 1. The first-order valence-corrected chi connectivity index (χ1v) is 10.9. The fourth-order valence-corrected chi connectivity index (χ4v) is 3.54. The van der Waals surface area contributed by atoms with Crippen LogP contribution in [0, 0.1) is 5.82 Å². The average Bonchev–Trinajstić information content (AvgIpc) is 3.57. The van der Waals surface area contributed by atoms with Crippen LogP contribution in [0.3, 0.4) is 0 Å². The summed E-state index contributed by atoms with van der Waals surface area (Å²) < 4.78 is 23.6. The van der Waals surface area contributed by atoms with Crippen molar-refractivity contribution < 1.29 is 13.7 Å². The first kappa shape index (κ1) is 22.4. The molecule has 11 heteroatoms. The number of halogens is 1. The number of nitrogens with zero attached hydrogens (tertiary/aromatic N) is 7. The lowest BCUT2D eigenvalue weighted by Gasteiger charge is -2.10. The van der Waals surface area contributed by atoms with Crippen LogP contribution < -0.4 is 5.32 Å². The smallest absolute Gasteiger partial charge is 0.292 e. The van der Waals surface area contributed by atoms with Gasteiger partial charge in [-0.15, -0.1) is 0 Å². The van der Waals surface area contributed by atoms with E-state index in [-0.39, 0.29) is 17.8 Å². The molecule has 35 heavy (non-hydrogen) atoms. The van der Waals surface area contributed by atoms with E-state index in [1.54, 1.807) is 39.9 Å². The molecule has 4 aromatic heterocycles. The Morgan fingerprint density at radius 2 is 1.94 bits per heavy atom. The number of amides is 1. The summed E-state index contributed by atoms with van der Waals surface area (Å²) in [6.07, 6.45) is 7.03. The molecule has 1 N–H and O–H groups in total. The predicted octanol–water partition coefficient (Wildman–Crippen LogP) is 3.55. The molecule has 0 spiro atoms. The molecule has 0 aliphatic carbocycles. The molecule has 0 unspecified atom stereocenters. The van der Waals surface area contributed by atoms with Crippen molar-refractivity contribution >= 4 is 11.4 Å². The third kappa shape index (κ3) is 4.39. The van der Waals surface area contributed by atoms with E-state index in [0.717, 1.165) is 11.1 Å². The van der Waals surface area contributed by atoms with Crippen LogP contribution in [0.15, 0.2) is 53.6 Å². The topological polar surface area (TPSA) is 116 Å². The van der Waals surface area contributed by atoms with Crippen LogP contribution in [0.2, 0.25) is 0 Å². The lowest BCUT2D eigenvalue weighted by atomic mass is 9.97. The molecular weight excluding hydrogens is 451 g/mol. The standard InChI is InChI=1S/C24H23FN8O2/c1-24(2,3)23-30-21(31-35-23)22(34)26-10-15-6-5-14(9-17(15)25)20-19-7-8-27-33(19)13-18(29-20)16-11-28-32(4)12-16/h5-9,11-13H,10H2,1-4H3,(H,26,34). The van der Waals surface area contributed by atoms with Crippen molar-refractivity contribution in [1.29, 1.82) is 0 Å². The summed E-state index contributed by atoms with van der Waals surface area (Å²) in [5.41, 5.74) is 3.33. The zero-order valence-electron chi connectivity index (χ0n) is 19.7. The molecule has 0 bridgehead atoms. The lowest BCUT2D eigenvalue weighted by Crippen LogP contribution is -2.24. The summed E-state index contributed by atoms with van der Waals surface area (Å²) in [4.78, 5) is 21.3. The number of hydrogen-bond donors (Lipinski definition) is 1. The van der Waals surface area contributed by atoms with Gasteiger partial charge in [0.05, 0.1) is 35.5 Å². The Hall–Kier alpha value is -4.41. The number of carbonyl (C=O) groups excluding carboxylic acids is 1. The monoisotopic (exact) mass is 474 g/mol. The van der Waals surface area contributed by atoms with E-state index in [1.165, 1.54) is 6.07 Å². The number of hydrogen-bond acceptors (Lipinski definition) is 7. The van der Waals surface area contributed by atoms with Gasteiger partial charge in [0, 0.05) is 41.9 Å². The summed E-state index contributed by atoms with van der Waals surface area (Å²) >= 11 is 0. The molecule has 0 radical (unpaired) electrons. The Morgan fingerprint density at radius 3 is 2.63 bits per heavy atom. The molecule has 0 aliphatic rings. The second-order valence-electron chi connectivity index (χ2n) is 9.20. The second kappa shape index (κ2) is 8.42. The van der Waals surface area contributed by atoms with E-state index in [2.05, 4.69) is 25.7 Å². The van der Waals surface area contributed by atoms with Gasteiger partial charge in [-0.25, -0.2) is 13.9 Å². The summed E-state index contributed by atoms with van der Waals surface area (Å²) in [5.74, 6) is -0.756. The van der Waals surface area contributed by atoms with E-state index in [9.17, 15) is 4.79 Å². The maximum absolute atomic E-state index is 15.0. The predicted molar refractivity (Wildman–Crippen MR) is 125 cm³/mol. The van der Waals surface area contributed by atoms with Crippen molar-refractivity contribution in [2.45, 2.75) is 32.7 Å². The molecule has 5 rings (SSSR count). The van der Waals surface area contributed by atoms with Crippen LogP contribution in [0.25, 0.3) is 28.0 Å². The highest BCUT2D eigenvalue weighted by molar-refractivity contribution is 5.90. The Morgan fingerprint density at radius 1 is 1.11 bits per heavy atom. The van der Waals surface area contributed by atoms with Gasteiger partial charge in [-0.2, -0.15) is 15.2 Å². The fourth-order valence-electron chi connectivity index (χ4n) is 3.54. The van der Waals surface area contributed by atoms with Gasteiger partial charge in [-0.1, -0.05) is 38.1 Å². The highest BCUT2D eigenvalue weighted by atomic mass is 19.1. The lowest BCUT2D eigenvalue weighted by molar-refractivity contribution is 0.0937. The first-order valence-electron chi connectivity index (χ1n) is 10.9. The summed E-state index contributed by atoms with van der Waals surface area (Å²) in [6, 6.07) is 6.60. The third-order valence-electron chi connectivity index (χ3n) is 5.43. The van der Waals surface area contributed by atoms with Gasteiger partial charge in [0.1, 0.15) is 5.82 Å². The normalized spacial score (nSPS) is 11.8. The van der Waals surface area contributed by atoms with Crippen molar-refractivity contribution in [3.8, 4) is 22.5 Å². The minimum absolute atomic E-state index is 0.0322. The fraction of sp³-hybridized carbons (Fsp3) is 0.250. The highest BCUT2D eigenvalue weighted by Gasteiger charge is 2.24. The SMILES string of the molecule is Cn1cc(-c2cn3nccc3c(-c3ccc(CNC(=O)c4noc(C(C)(C)C)n4)c(F)c3)n2)cn1. The van der Waals surface area contributed by atoms with E-state index >= 15 is 4.39 Å². The van der Waals surface area contributed by atoms with Crippen LogP contribution in [-0.4, -0.2) is 40.4 Å². The van der Waals surface area contributed by atoms with Crippen molar-refractivity contribution in [2.24, 2.45) is 7.05 Å². The first-order chi connectivity index (χ1) is 16.7. The Kier molecular flexibility index (Phi) is 5.39. The summed E-state index contributed by atoms with van der Waals surface area (Å²) in [7, 11) is 1.83. The second-order valence-corrected chi connectivity index (χ2v) is 9.20. The Bertz CT molecular complexity index is 1540. The highest BCUT2D eigenvalue weighted by Crippen LogP contribution is 2.28. The van der Waals surface area contributed by atoms with Crippen LogP contribution >= 0.6 is 0 Å². The van der Waals surface area contributed by atoms with E-state index < -0.39 is 11.7 Å². The Labute approximate surface area is 199 Å². The van der Waals surface area contributed by atoms with Crippen LogP contribution in [-0.2, 0) is 19.0 Å². The molecule has 178 valence electrons.